The molecular weight excluding hydrogens is 103 g/mol. The Kier molecular flexibility index (Phi) is 1.15. The van der Waals surface area contributed by atoms with Gasteiger partial charge in [0.1, 0.15) is 6.61 Å². The predicted octanol–water partition coefficient (Wildman–Crippen LogP) is 0.691. The molecule has 0 aromatic carbocycles. The van der Waals surface area contributed by atoms with E-state index in [2.05, 4.69) is 9.56 Å². The Morgan fingerprint density at radius 1 is 1.67 bits per heavy atom. The monoisotopic (exact) mass is 107 g/mol. The van der Waals surface area contributed by atoms with E-state index in [4.69, 9.17) is 0 Å². The van der Waals surface area contributed by atoms with Gasteiger partial charge in [0, 0.05) is 4.67 Å². The van der Waals surface area contributed by atoms with Crippen molar-refractivity contribution < 1.29 is 14.1 Å². The van der Waals surface area contributed by atoms with E-state index >= 15 is 0 Å². The van der Waals surface area contributed by atoms with Crippen molar-refractivity contribution in [1.29, 1.82) is 0 Å². The maximum Gasteiger partial charge on any atom is 0.542 e. The fraction of sp³-hybridized carbons (Fsp3) is 1.00. The van der Waals surface area contributed by atoms with Crippen LogP contribution in [0.25, 0.3) is 0 Å². The Balaban J connectivity index is 2.37. The van der Waals surface area contributed by atoms with Crippen molar-refractivity contribution in [3.63, 3.8) is 0 Å². The first-order valence-corrected chi connectivity index (χ1v) is 3.00. The van der Waals surface area contributed by atoms with Gasteiger partial charge in [-0.3, -0.25) is 0 Å². The summed E-state index contributed by atoms with van der Waals surface area (Å²) in [6.07, 6.45) is 0.551. The van der Waals surface area contributed by atoms with Crippen LogP contribution in [0.3, 0.4) is 0 Å². The summed E-state index contributed by atoms with van der Waals surface area (Å²) in [5.41, 5.74) is 0. The van der Waals surface area contributed by atoms with E-state index in [0.717, 1.165) is 0 Å². The lowest BCUT2D eigenvalue weighted by Gasteiger charge is -1.64. The van der Waals surface area contributed by atoms with Gasteiger partial charge in [-0.2, -0.15) is 4.89 Å². The van der Waals surface area contributed by atoms with E-state index in [9.17, 15) is 4.57 Å². The first-order chi connectivity index (χ1) is 2.89. The van der Waals surface area contributed by atoms with E-state index in [0.29, 0.717) is 12.8 Å². The summed E-state index contributed by atoms with van der Waals surface area (Å²) >= 11 is 0. The minimum Gasteiger partial charge on any atom is -0.185 e. The lowest BCUT2D eigenvalue weighted by atomic mass is 10.9. The van der Waals surface area contributed by atoms with Gasteiger partial charge >= 0.3 is 8.03 Å². The van der Waals surface area contributed by atoms with E-state index in [1.807, 2.05) is 0 Å². The highest BCUT2D eigenvalue weighted by molar-refractivity contribution is 7.39. The van der Waals surface area contributed by atoms with Crippen LogP contribution >= 0.6 is 8.03 Å². The third-order valence-electron chi connectivity index (χ3n) is 0.493. The zero-order chi connectivity index (χ0) is 4.41. The molecule has 0 spiro atoms. The van der Waals surface area contributed by atoms with Crippen molar-refractivity contribution in [1.82, 2.24) is 0 Å². The number of hydrogen-bond acceptors (Lipinski definition) is 3. The highest BCUT2D eigenvalue weighted by Gasteiger charge is 2.26. The van der Waals surface area contributed by atoms with Crippen molar-refractivity contribution in [3.05, 3.63) is 0 Å². The maximum absolute atomic E-state index is 10.0. The second-order valence-corrected chi connectivity index (χ2v) is 2.21. The van der Waals surface area contributed by atoms with Gasteiger partial charge in [0.05, 0.1) is 0 Å². The molecule has 1 aliphatic rings. The van der Waals surface area contributed by atoms with Gasteiger partial charge in [0.15, 0.2) is 0 Å². The topological polar surface area (TPSA) is 35.5 Å². The third-order valence-corrected chi connectivity index (χ3v) is 1.31. The Morgan fingerprint density at radius 3 is 2.67 bits per heavy atom. The SMILES string of the molecule is O=[P+]1CCOO1. The summed E-state index contributed by atoms with van der Waals surface area (Å²) in [4.78, 5) is 4.27. The normalized spacial score (nSPS) is 28.3. The molecule has 34 valence electrons. The molecule has 1 saturated heterocycles. The summed E-state index contributed by atoms with van der Waals surface area (Å²) in [6.45, 7) is 0.481. The smallest absolute Gasteiger partial charge is 0.185 e. The molecule has 1 unspecified atom stereocenters. The molecular formula is C2H4O3P+. The molecule has 0 aromatic rings. The van der Waals surface area contributed by atoms with E-state index in [1.54, 1.807) is 0 Å². The molecule has 3 nitrogen and oxygen atoms in total. The van der Waals surface area contributed by atoms with E-state index < -0.39 is 8.03 Å². The summed E-state index contributed by atoms with van der Waals surface area (Å²) < 4.78 is 14.2. The second kappa shape index (κ2) is 1.65. The molecule has 1 rings (SSSR count). The number of hydrogen-bond donors (Lipinski definition) is 0. The molecule has 0 aliphatic carbocycles. The minimum atomic E-state index is -1.44. The van der Waals surface area contributed by atoms with Gasteiger partial charge in [-0.05, 0) is 4.57 Å². The molecule has 4 heteroatoms. The molecule has 6 heavy (non-hydrogen) atoms. The highest BCUT2D eigenvalue weighted by Crippen LogP contribution is 2.26. The largest absolute Gasteiger partial charge is 0.542 e. The van der Waals surface area contributed by atoms with E-state index in [1.165, 1.54) is 0 Å². The molecule has 1 atom stereocenters. The van der Waals surface area contributed by atoms with Gasteiger partial charge < -0.3 is 0 Å². The van der Waals surface area contributed by atoms with Crippen molar-refractivity contribution >= 4 is 8.03 Å². The first-order valence-electron chi connectivity index (χ1n) is 1.64. The van der Waals surface area contributed by atoms with E-state index in [-0.39, 0.29) is 0 Å². The van der Waals surface area contributed by atoms with Crippen LogP contribution in [0.4, 0.5) is 0 Å². The minimum absolute atomic E-state index is 0.481. The molecule has 0 N–H and O–H groups in total. The lowest BCUT2D eigenvalue weighted by molar-refractivity contribution is -0.176. The second-order valence-electron chi connectivity index (χ2n) is 0.953. The molecule has 1 aliphatic heterocycles. The third kappa shape index (κ3) is 0.744. The van der Waals surface area contributed by atoms with Crippen molar-refractivity contribution in [2.24, 2.45) is 0 Å². The van der Waals surface area contributed by atoms with Gasteiger partial charge in [0.2, 0.25) is 6.16 Å². The summed E-state index contributed by atoms with van der Waals surface area (Å²) in [7, 11) is -1.44. The Bertz CT molecular complexity index is 63.2. The molecule has 0 radical (unpaired) electrons. The van der Waals surface area contributed by atoms with Crippen LogP contribution < -0.4 is 0 Å². The van der Waals surface area contributed by atoms with Crippen LogP contribution in [0.5, 0.6) is 0 Å². The van der Waals surface area contributed by atoms with Crippen LogP contribution in [0, 0.1) is 0 Å². The van der Waals surface area contributed by atoms with Crippen LogP contribution in [-0.4, -0.2) is 12.8 Å². The zero-order valence-corrected chi connectivity index (χ0v) is 3.98. The maximum atomic E-state index is 10.0. The Morgan fingerprint density at radius 2 is 2.50 bits per heavy atom. The molecule has 0 amide bonds. The van der Waals surface area contributed by atoms with Gasteiger partial charge in [-0.15, -0.1) is 0 Å². The zero-order valence-electron chi connectivity index (χ0n) is 3.09. The standard InChI is InChI=1S/C2H4O3P/c3-6-2-1-4-5-6/h1-2H2/q+1. The summed E-state index contributed by atoms with van der Waals surface area (Å²) in [5, 5.41) is 0. The van der Waals surface area contributed by atoms with Gasteiger partial charge in [-0.25, -0.2) is 0 Å². The summed E-state index contributed by atoms with van der Waals surface area (Å²) in [6, 6.07) is 0. The average Bonchev–Trinajstić information content (AvgIpc) is 1.86. The lowest BCUT2D eigenvalue weighted by Crippen LogP contribution is -1.76. The average molecular weight is 107 g/mol. The molecule has 1 fully saturated rings. The highest BCUT2D eigenvalue weighted by atomic mass is 31.1. The van der Waals surface area contributed by atoms with Crippen molar-refractivity contribution in [3.8, 4) is 0 Å². The number of rotatable bonds is 0. The fourth-order valence-corrected chi connectivity index (χ4v) is 0.735. The molecule has 1 heterocycles. The fourth-order valence-electron chi connectivity index (χ4n) is 0.245. The van der Waals surface area contributed by atoms with Gasteiger partial charge in [0.25, 0.3) is 0 Å². The molecule has 0 saturated carbocycles. The molecule has 0 aromatic heterocycles. The summed E-state index contributed by atoms with van der Waals surface area (Å²) in [5.74, 6) is 0. The van der Waals surface area contributed by atoms with Crippen LogP contribution in [0.1, 0.15) is 0 Å². The Hall–Kier alpha value is 0.0200. The quantitative estimate of drug-likeness (QED) is 0.337. The Labute approximate surface area is 36.0 Å². The van der Waals surface area contributed by atoms with Crippen molar-refractivity contribution in [2.45, 2.75) is 0 Å². The first kappa shape index (κ1) is 4.19. The van der Waals surface area contributed by atoms with Crippen molar-refractivity contribution in [2.75, 3.05) is 12.8 Å². The molecule has 0 bridgehead atoms. The van der Waals surface area contributed by atoms with Crippen LogP contribution in [0.15, 0.2) is 0 Å². The predicted molar refractivity (Wildman–Crippen MR) is 19.5 cm³/mol. The van der Waals surface area contributed by atoms with Crippen LogP contribution in [-0.2, 0) is 14.1 Å². The van der Waals surface area contributed by atoms with Crippen LogP contribution in [0.2, 0.25) is 0 Å². The van der Waals surface area contributed by atoms with Gasteiger partial charge in [-0.1, -0.05) is 0 Å².